The topological polar surface area (TPSA) is 43.9 Å². The predicted octanol–water partition coefficient (Wildman–Crippen LogP) is 0.542. The molecule has 0 amide bonds. The fourth-order valence-corrected chi connectivity index (χ4v) is 3.78. The molecule has 0 aromatic rings. The molecule has 0 radical (unpaired) electrons. The first kappa shape index (κ1) is 16.9. The molecule has 0 aromatic carbocycles. The monoisotopic (exact) mass is 291 g/mol. The molecule has 0 aliphatic carbocycles. The summed E-state index contributed by atoms with van der Waals surface area (Å²) in [7, 11) is 0.774. The average Bonchev–Trinajstić information content (AvgIpc) is 2.30. The van der Waals surface area contributed by atoms with Crippen LogP contribution in [0.15, 0.2) is 0 Å². The molecule has 5 nitrogen and oxygen atoms in total. The Balaban J connectivity index is 2.25. The first-order chi connectivity index (χ1) is 8.81. The van der Waals surface area contributed by atoms with E-state index in [2.05, 4.69) is 16.8 Å². The Morgan fingerprint density at radius 2 is 1.74 bits per heavy atom. The van der Waals surface area contributed by atoms with Crippen LogP contribution in [-0.4, -0.2) is 81.6 Å². The molecule has 0 bridgehead atoms. The van der Waals surface area contributed by atoms with Crippen LogP contribution in [0, 0.1) is 5.92 Å². The van der Waals surface area contributed by atoms with Crippen molar-refractivity contribution in [2.45, 2.75) is 20.3 Å². The molecule has 0 aromatic heterocycles. The average molecular weight is 291 g/mol. The standard InChI is InChI=1S/C13H29N3O2S/c1-13(2)12-19(17,18)15(4)6-5-7-16-10-8-14(3)9-11-16/h13H,5-12H2,1-4H3. The van der Waals surface area contributed by atoms with Crippen molar-refractivity contribution in [2.75, 3.05) is 59.1 Å². The van der Waals surface area contributed by atoms with Gasteiger partial charge in [0.2, 0.25) is 10.0 Å². The van der Waals surface area contributed by atoms with Gasteiger partial charge in [-0.3, -0.25) is 0 Å². The van der Waals surface area contributed by atoms with Gasteiger partial charge in [0, 0.05) is 39.8 Å². The first-order valence-electron chi connectivity index (χ1n) is 7.16. The molecule has 0 atom stereocenters. The summed E-state index contributed by atoms with van der Waals surface area (Å²) in [6.07, 6.45) is 0.914. The predicted molar refractivity (Wildman–Crippen MR) is 79.8 cm³/mol. The molecule has 1 fully saturated rings. The summed E-state index contributed by atoms with van der Waals surface area (Å²) in [5.41, 5.74) is 0. The van der Waals surface area contributed by atoms with Crippen molar-refractivity contribution < 1.29 is 8.42 Å². The van der Waals surface area contributed by atoms with Crippen LogP contribution >= 0.6 is 0 Å². The van der Waals surface area contributed by atoms with E-state index < -0.39 is 10.0 Å². The Hall–Kier alpha value is -0.170. The second-order valence-corrected chi connectivity index (χ2v) is 8.11. The number of hydrogen-bond donors (Lipinski definition) is 0. The highest BCUT2D eigenvalue weighted by Gasteiger charge is 2.19. The summed E-state index contributed by atoms with van der Waals surface area (Å²) < 4.78 is 25.5. The van der Waals surface area contributed by atoms with Gasteiger partial charge in [0.05, 0.1) is 5.75 Å². The van der Waals surface area contributed by atoms with Gasteiger partial charge in [-0.2, -0.15) is 0 Å². The fraction of sp³-hybridized carbons (Fsp3) is 1.00. The Morgan fingerprint density at radius 1 is 1.16 bits per heavy atom. The Labute approximate surface area is 118 Å². The highest BCUT2D eigenvalue weighted by Crippen LogP contribution is 2.07. The number of rotatable bonds is 7. The molecular formula is C13H29N3O2S. The van der Waals surface area contributed by atoms with E-state index in [9.17, 15) is 8.42 Å². The molecule has 1 saturated heterocycles. The lowest BCUT2D eigenvalue weighted by atomic mass is 10.3. The Bertz CT molecular complexity index is 349. The van der Waals surface area contributed by atoms with Gasteiger partial charge in [-0.15, -0.1) is 0 Å². The van der Waals surface area contributed by atoms with Gasteiger partial charge < -0.3 is 9.80 Å². The third kappa shape index (κ3) is 6.21. The van der Waals surface area contributed by atoms with Crippen LogP contribution in [-0.2, 0) is 10.0 Å². The largest absolute Gasteiger partial charge is 0.304 e. The lowest BCUT2D eigenvalue weighted by Gasteiger charge is -2.32. The fourth-order valence-electron chi connectivity index (χ4n) is 2.28. The third-order valence-corrected chi connectivity index (χ3v) is 5.78. The van der Waals surface area contributed by atoms with Crippen LogP contribution in [0.3, 0.4) is 0 Å². The molecule has 19 heavy (non-hydrogen) atoms. The van der Waals surface area contributed by atoms with Gasteiger partial charge in [-0.1, -0.05) is 13.8 Å². The maximum Gasteiger partial charge on any atom is 0.214 e. The minimum atomic E-state index is -3.06. The summed E-state index contributed by atoms with van der Waals surface area (Å²) in [5, 5.41) is 0. The minimum Gasteiger partial charge on any atom is -0.304 e. The third-order valence-electron chi connectivity index (χ3n) is 3.56. The smallest absolute Gasteiger partial charge is 0.214 e. The van der Waals surface area contributed by atoms with Crippen molar-refractivity contribution in [3.8, 4) is 0 Å². The van der Waals surface area contributed by atoms with Crippen molar-refractivity contribution in [1.82, 2.24) is 14.1 Å². The van der Waals surface area contributed by atoms with Gasteiger partial charge in [0.1, 0.15) is 0 Å². The number of hydrogen-bond acceptors (Lipinski definition) is 4. The van der Waals surface area contributed by atoms with E-state index >= 15 is 0 Å². The summed E-state index contributed by atoms with van der Waals surface area (Å²) >= 11 is 0. The van der Waals surface area contributed by atoms with Gasteiger partial charge in [-0.05, 0) is 25.9 Å². The van der Waals surface area contributed by atoms with E-state index in [1.165, 1.54) is 4.31 Å². The summed E-state index contributed by atoms with van der Waals surface area (Å²) in [4.78, 5) is 4.75. The van der Waals surface area contributed by atoms with E-state index in [1.54, 1.807) is 7.05 Å². The van der Waals surface area contributed by atoms with E-state index in [0.29, 0.717) is 6.54 Å². The van der Waals surface area contributed by atoms with Crippen molar-refractivity contribution in [3.63, 3.8) is 0 Å². The normalized spacial score (nSPS) is 19.5. The maximum atomic E-state index is 12.0. The molecular weight excluding hydrogens is 262 g/mol. The van der Waals surface area contributed by atoms with Crippen LogP contribution in [0.4, 0.5) is 0 Å². The number of sulfonamides is 1. The van der Waals surface area contributed by atoms with Gasteiger partial charge in [-0.25, -0.2) is 12.7 Å². The van der Waals surface area contributed by atoms with Crippen molar-refractivity contribution >= 4 is 10.0 Å². The molecule has 0 unspecified atom stereocenters. The van der Waals surface area contributed by atoms with Gasteiger partial charge in [0.15, 0.2) is 0 Å². The summed E-state index contributed by atoms with van der Waals surface area (Å²) in [6, 6.07) is 0. The molecule has 1 aliphatic rings. The molecule has 114 valence electrons. The van der Waals surface area contributed by atoms with Crippen LogP contribution < -0.4 is 0 Å². The van der Waals surface area contributed by atoms with E-state index in [0.717, 1.165) is 39.1 Å². The molecule has 6 heteroatoms. The number of piperazine rings is 1. The molecule has 1 rings (SSSR count). The van der Waals surface area contributed by atoms with E-state index in [-0.39, 0.29) is 11.7 Å². The minimum absolute atomic E-state index is 0.185. The number of likely N-dealkylation sites (N-methyl/N-ethyl adjacent to an activating group) is 1. The highest BCUT2D eigenvalue weighted by atomic mass is 32.2. The van der Waals surface area contributed by atoms with Crippen molar-refractivity contribution in [2.24, 2.45) is 5.92 Å². The van der Waals surface area contributed by atoms with Crippen LogP contribution in [0.1, 0.15) is 20.3 Å². The molecule has 0 spiro atoms. The van der Waals surface area contributed by atoms with Crippen molar-refractivity contribution in [3.05, 3.63) is 0 Å². The van der Waals surface area contributed by atoms with E-state index in [1.807, 2.05) is 13.8 Å². The second kappa shape index (κ2) is 7.57. The summed E-state index contributed by atoms with van der Waals surface area (Å²) in [5.74, 6) is 0.433. The lowest BCUT2D eigenvalue weighted by Crippen LogP contribution is -2.45. The summed E-state index contributed by atoms with van der Waals surface area (Å²) in [6.45, 7) is 9.92. The SMILES string of the molecule is CC(C)CS(=O)(=O)N(C)CCCN1CCN(C)CC1. The second-order valence-electron chi connectivity index (χ2n) is 5.99. The zero-order valence-corrected chi connectivity index (χ0v) is 13.6. The zero-order chi connectivity index (χ0) is 14.5. The van der Waals surface area contributed by atoms with Crippen LogP contribution in [0.5, 0.6) is 0 Å². The highest BCUT2D eigenvalue weighted by molar-refractivity contribution is 7.89. The molecule has 0 N–H and O–H groups in total. The zero-order valence-electron chi connectivity index (χ0n) is 12.8. The number of nitrogens with zero attached hydrogens (tertiary/aromatic N) is 3. The van der Waals surface area contributed by atoms with Crippen molar-refractivity contribution in [1.29, 1.82) is 0 Å². The Kier molecular flexibility index (Phi) is 6.73. The van der Waals surface area contributed by atoms with E-state index in [4.69, 9.17) is 0 Å². The Morgan fingerprint density at radius 3 is 2.26 bits per heavy atom. The first-order valence-corrected chi connectivity index (χ1v) is 8.77. The lowest BCUT2D eigenvalue weighted by molar-refractivity contribution is 0.151. The van der Waals surface area contributed by atoms with Gasteiger partial charge in [0.25, 0.3) is 0 Å². The van der Waals surface area contributed by atoms with Gasteiger partial charge >= 0.3 is 0 Å². The van der Waals surface area contributed by atoms with Crippen LogP contribution in [0.2, 0.25) is 0 Å². The maximum absolute atomic E-state index is 12.0. The van der Waals surface area contributed by atoms with Crippen LogP contribution in [0.25, 0.3) is 0 Å². The quantitative estimate of drug-likeness (QED) is 0.687. The molecule has 1 heterocycles. The molecule has 0 saturated carbocycles. The molecule has 1 aliphatic heterocycles.